The largest absolute Gasteiger partial charge is 0.353 e. The van der Waals surface area contributed by atoms with Crippen molar-refractivity contribution in [1.29, 1.82) is 0 Å². The van der Waals surface area contributed by atoms with E-state index in [1.807, 2.05) is 13.0 Å². The molecule has 6 nitrogen and oxygen atoms in total. The van der Waals surface area contributed by atoms with E-state index in [0.29, 0.717) is 6.54 Å². The van der Waals surface area contributed by atoms with E-state index < -0.39 is 0 Å². The smallest absolute Gasteiger partial charge is 0.241 e. The van der Waals surface area contributed by atoms with E-state index in [1.165, 1.54) is 18.4 Å². The second-order valence-corrected chi connectivity index (χ2v) is 6.01. The molecular formula is C17H23N5O. The number of nitrogens with one attached hydrogen (secondary N) is 1. The molecule has 0 spiro atoms. The number of carbonyl (C=O) groups is 1. The lowest BCUT2D eigenvalue weighted by molar-refractivity contribution is -0.122. The van der Waals surface area contributed by atoms with Crippen LogP contribution in [-0.2, 0) is 11.3 Å². The Bertz CT molecular complexity index is 633. The van der Waals surface area contributed by atoms with Crippen LogP contribution in [-0.4, -0.2) is 45.4 Å². The lowest BCUT2D eigenvalue weighted by atomic mass is 10.1. The number of carbonyl (C=O) groups excluding carboxylic acids is 1. The molecule has 0 aliphatic carbocycles. The van der Waals surface area contributed by atoms with E-state index in [4.69, 9.17) is 0 Å². The van der Waals surface area contributed by atoms with E-state index in [-0.39, 0.29) is 18.5 Å². The van der Waals surface area contributed by atoms with Crippen LogP contribution in [0.25, 0.3) is 0 Å². The van der Waals surface area contributed by atoms with Gasteiger partial charge in [-0.15, -0.1) is 5.10 Å². The summed E-state index contributed by atoms with van der Waals surface area (Å²) < 4.78 is 1.61. The molecule has 0 radical (unpaired) electrons. The van der Waals surface area contributed by atoms with Gasteiger partial charge in [0, 0.05) is 6.54 Å². The zero-order valence-corrected chi connectivity index (χ0v) is 13.5. The van der Waals surface area contributed by atoms with E-state index >= 15 is 0 Å². The van der Waals surface area contributed by atoms with Crippen molar-refractivity contribution in [3.05, 3.63) is 47.8 Å². The first-order chi connectivity index (χ1) is 11.2. The summed E-state index contributed by atoms with van der Waals surface area (Å²) in [7, 11) is 0. The van der Waals surface area contributed by atoms with Crippen LogP contribution in [0.15, 0.2) is 36.5 Å². The quantitative estimate of drug-likeness (QED) is 0.879. The highest BCUT2D eigenvalue weighted by atomic mass is 16.2. The zero-order chi connectivity index (χ0) is 16.1. The van der Waals surface area contributed by atoms with Crippen molar-refractivity contribution in [3.8, 4) is 0 Å². The Hall–Kier alpha value is -2.21. The standard InChI is InChI=1S/C17H23N5O/c1-14-11-19-20-22(14)13-17(23)18-12-16(21-9-5-6-10-21)15-7-3-2-4-8-15/h2-4,7-8,11,16H,5-6,9-10,12-13H2,1H3,(H,18,23). The number of amides is 1. The molecule has 1 amide bonds. The molecule has 1 aliphatic rings. The first kappa shape index (κ1) is 15.7. The Labute approximate surface area is 136 Å². The second-order valence-electron chi connectivity index (χ2n) is 6.01. The minimum absolute atomic E-state index is 0.0290. The topological polar surface area (TPSA) is 63.1 Å². The van der Waals surface area contributed by atoms with Crippen molar-refractivity contribution < 1.29 is 4.79 Å². The first-order valence-corrected chi connectivity index (χ1v) is 8.15. The number of benzene rings is 1. The van der Waals surface area contributed by atoms with Crippen LogP contribution in [0.1, 0.15) is 30.1 Å². The lowest BCUT2D eigenvalue weighted by Gasteiger charge is -2.28. The minimum atomic E-state index is -0.0290. The van der Waals surface area contributed by atoms with Crippen molar-refractivity contribution in [2.45, 2.75) is 32.4 Å². The molecule has 1 fully saturated rings. The summed E-state index contributed by atoms with van der Waals surface area (Å²) >= 11 is 0. The summed E-state index contributed by atoms with van der Waals surface area (Å²) in [6, 6.07) is 10.6. The monoisotopic (exact) mass is 313 g/mol. The summed E-state index contributed by atoms with van der Waals surface area (Å²) in [5, 5.41) is 10.8. The molecule has 23 heavy (non-hydrogen) atoms. The van der Waals surface area contributed by atoms with Crippen LogP contribution in [0.2, 0.25) is 0 Å². The van der Waals surface area contributed by atoms with Gasteiger partial charge in [-0.25, -0.2) is 4.68 Å². The van der Waals surface area contributed by atoms with E-state index in [0.717, 1.165) is 18.8 Å². The molecule has 1 aromatic carbocycles. The predicted octanol–water partition coefficient (Wildman–Crippen LogP) is 1.54. The maximum Gasteiger partial charge on any atom is 0.241 e. The number of aryl methyl sites for hydroxylation is 1. The Morgan fingerprint density at radius 3 is 2.65 bits per heavy atom. The van der Waals surface area contributed by atoms with Crippen LogP contribution in [0.4, 0.5) is 0 Å². The maximum absolute atomic E-state index is 12.2. The van der Waals surface area contributed by atoms with Crippen molar-refractivity contribution >= 4 is 5.91 Å². The van der Waals surface area contributed by atoms with Crippen LogP contribution in [0, 0.1) is 6.92 Å². The fraction of sp³-hybridized carbons (Fsp3) is 0.471. The summed E-state index contributed by atoms with van der Waals surface area (Å²) in [4.78, 5) is 14.6. The SMILES string of the molecule is Cc1cnnn1CC(=O)NCC(c1ccccc1)N1CCCC1. The summed E-state index contributed by atoms with van der Waals surface area (Å²) in [6.07, 6.45) is 4.12. The zero-order valence-electron chi connectivity index (χ0n) is 13.5. The van der Waals surface area contributed by atoms with Gasteiger partial charge in [0.25, 0.3) is 0 Å². The average molecular weight is 313 g/mol. The van der Waals surface area contributed by atoms with Crippen LogP contribution in [0.3, 0.4) is 0 Å². The molecule has 2 aromatic rings. The number of nitrogens with zero attached hydrogens (tertiary/aromatic N) is 4. The molecule has 2 heterocycles. The fourth-order valence-corrected chi connectivity index (χ4v) is 3.05. The fourth-order valence-electron chi connectivity index (χ4n) is 3.05. The van der Waals surface area contributed by atoms with E-state index in [9.17, 15) is 4.79 Å². The molecular weight excluding hydrogens is 290 g/mol. The Kier molecular flexibility index (Phi) is 5.02. The number of hydrogen-bond donors (Lipinski definition) is 1. The van der Waals surface area contributed by atoms with Crippen LogP contribution < -0.4 is 5.32 Å². The predicted molar refractivity (Wildman–Crippen MR) is 87.8 cm³/mol. The molecule has 1 aromatic heterocycles. The van der Waals surface area contributed by atoms with Gasteiger partial charge in [0.15, 0.2) is 0 Å². The van der Waals surface area contributed by atoms with Crippen molar-refractivity contribution in [1.82, 2.24) is 25.2 Å². The molecule has 0 saturated carbocycles. The Morgan fingerprint density at radius 1 is 1.26 bits per heavy atom. The molecule has 1 aliphatic heterocycles. The van der Waals surface area contributed by atoms with Gasteiger partial charge in [-0.1, -0.05) is 35.5 Å². The van der Waals surface area contributed by atoms with Gasteiger partial charge in [-0.3, -0.25) is 9.69 Å². The third-order valence-electron chi connectivity index (χ3n) is 4.36. The highest BCUT2D eigenvalue weighted by Crippen LogP contribution is 2.24. The summed E-state index contributed by atoms with van der Waals surface area (Å²) in [6.45, 7) is 4.92. The normalized spacial score (nSPS) is 16.4. The molecule has 1 atom stereocenters. The number of aromatic nitrogens is 3. The van der Waals surface area contributed by atoms with Crippen molar-refractivity contribution in [2.24, 2.45) is 0 Å². The van der Waals surface area contributed by atoms with Gasteiger partial charge in [0.05, 0.1) is 17.9 Å². The summed E-state index contributed by atoms with van der Waals surface area (Å²) in [5.74, 6) is -0.0290. The van der Waals surface area contributed by atoms with Crippen LogP contribution in [0.5, 0.6) is 0 Å². The van der Waals surface area contributed by atoms with Gasteiger partial charge >= 0.3 is 0 Å². The van der Waals surface area contributed by atoms with Gasteiger partial charge in [-0.05, 0) is 38.4 Å². The van der Waals surface area contributed by atoms with Crippen molar-refractivity contribution in [3.63, 3.8) is 0 Å². The number of likely N-dealkylation sites (tertiary alicyclic amines) is 1. The first-order valence-electron chi connectivity index (χ1n) is 8.15. The third-order valence-corrected chi connectivity index (χ3v) is 4.36. The minimum Gasteiger partial charge on any atom is -0.353 e. The molecule has 1 saturated heterocycles. The van der Waals surface area contributed by atoms with Gasteiger partial charge in [-0.2, -0.15) is 0 Å². The van der Waals surface area contributed by atoms with Crippen LogP contribution >= 0.6 is 0 Å². The lowest BCUT2D eigenvalue weighted by Crippen LogP contribution is -2.38. The molecule has 1 N–H and O–H groups in total. The maximum atomic E-state index is 12.2. The van der Waals surface area contributed by atoms with E-state index in [1.54, 1.807) is 10.9 Å². The van der Waals surface area contributed by atoms with E-state index in [2.05, 4.69) is 44.8 Å². The summed E-state index contributed by atoms with van der Waals surface area (Å²) in [5.41, 5.74) is 2.14. The second kappa shape index (κ2) is 7.37. The molecule has 3 rings (SSSR count). The van der Waals surface area contributed by atoms with Gasteiger partial charge < -0.3 is 5.32 Å². The average Bonchev–Trinajstić information content (AvgIpc) is 3.22. The van der Waals surface area contributed by atoms with Gasteiger partial charge in [0.2, 0.25) is 5.91 Å². The molecule has 6 heteroatoms. The molecule has 1 unspecified atom stereocenters. The van der Waals surface area contributed by atoms with Crippen molar-refractivity contribution in [2.75, 3.05) is 19.6 Å². The Balaban J connectivity index is 1.62. The third kappa shape index (κ3) is 3.96. The molecule has 122 valence electrons. The Morgan fingerprint density at radius 2 is 2.00 bits per heavy atom. The van der Waals surface area contributed by atoms with Gasteiger partial charge in [0.1, 0.15) is 6.54 Å². The number of rotatable bonds is 6. The highest BCUT2D eigenvalue weighted by molar-refractivity contribution is 5.75. The number of hydrogen-bond acceptors (Lipinski definition) is 4. The highest BCUT2D eigenvalue weighted by Gasteiger charge is 2.23. The molecule has 0 bridgehead atoms.